The highest BCUT2D eigenvalue weighted by atomic mass is 16.5. The topological polar surface area (TPSA) is 71.0 Å². The van der Waals surface area contributed by atoms with Gasteiger partial charge < -0.3 is 25.0 Å². The Bertz CT molecular complexity index is 433. The summed E-state index contributed by atoms with van der Waals surface area (Å²) in [6.45, 7) is 7.06. The van der Waals surface area contributed by atoms with E-state index in [1.165, 1.54) is 14.2 Å². The molecule has 0 radical (unpaired) electrons. The summed E-state index contributed by atoms with van der Waals surface area (Å²) in [6.07, 6.45) is 0.738. The van der Waals surface area contributed by atoms with Gasteiger partial charge in [-0.15, -0.1) is 0 Å². The van der Waals surface area contributed by atoms with Gasteiger partial charge in [0.25, 0.3) is 0 Å². The molecular weight excluding hydrogens is 270 g/mol. The van der Waals surface area contributed by atoms with E-state index >= 15 is 0 Å². The van der Waals surface area contributed by atoms with Crippen LogP contribution in [0.2, 0.25) is 0 Å². The molecule has 0 heterocycles. The molecule has 0 spiro atoms. The Hall–Kier alpha value is -1.46. The Labute approximate surface area is 126 Å². The standard InChI is InChI=1S/C16H27NO4/c1-11(2)8-16(3,19)10-17-9-12-6-13(20-4)15(18)14(7-12)21-5/h6-7,11,17-19H,8-10H2,1-5H3. The van der Waals surface area contributed by atoms with Crippen molar-refractivity contribution in [3.8, 4) is 17.2 Å². The molecule has 1 aromatic rings. The molecule has 0 saturated heterocycles. The van der Waals surface area contributed by atoms with Crippen molar-refractivity contribution in [1.29, 1.82) is 0 Å². The maximum Gasteiger partial charge on any atom is 0.200 e. The lowest BCUT2D eigenvalue weighted by molar-refractivity contribution is 0.0383. The maximum atomic E-state index is 10.3. The SMILES string of the molecule is COc1cc(CNCC(C)(O)CC(C)C)cc(OC)c1O. The van der Waals surface area contributed by atoms with Gasteiger partial charge in [-0.25, -0.2) is 0 Å². The minimum Gasteiger partial charge on any atom is -0.502 e. The van der Waals surface area contributed by atoms with Gasteiger partial charge in [-0.05, 0) is 37.0 Å². The van der Waals surface area contributed by atoms with Crippen LogP contribution in [0.15, 0.2) is 12.1 Å². The number of hydrogen-bond donors (Lipinski definition) is 3. The number of aliphatic hydroxyl groups is 1. The van der Waals surface area contributed by atoms with Crippen LogP contribution in [0.3, 0.4) is 0 Å². The van der Waals surface area contributed by atoms with E-state index in [2.05, 4.69) is 19.2 Å². The predicted molar refractivity (Wildman–Crippen MR) is 83.0 cm³/mol. The van der Waals surface area contributed by atoms with Crippen molar-refractivity contribution >= 4 is 0 Å². The molecule has 5 heteroatoms. The van der Waals surface area contributed by atoms with Gasteiger partial charge in [-0.3, -0.25) is 0 Å². The second kappa shape index (κ2) is 7.52. The van der Waals surface area contributed by atoms with Crippen LogP contribution in [-0.2, 0) is 6.54 Å². The highest BCUT2D eigenvalue weighted by Crippen LogP contribution is 2.37. The second-order valence-corrected chi connectivity index (χ2v) is 6.05. The fourth-order valence-corrected chi connectivity index (χ4v) is 2.48. The van der Waals surface area contributed by atoms with Crippen LogP contribution in [0, 0.1) is 5.92 Å². The predicted octanol–water partition coefficient (Wildman–Crippen LogP) is 2.30. The molecule has 0 amide bonds. The first-order valence-corrected chi connectivity index (χ1v) is 7.16. The Balaban J connectivity index is 2.67. The number of methoxy groups -OCH3 is 2. The van der Waals surface area contributed by atoms with E-state index in [0.29, 0.717) is 30.5 Å². The van der Waals surface area contributed by atoms with Gasteiger partial charge in [-0.1, -0.05) is 13.8 Å². The maximum absolute atomic E-state index is 10.3. The van der Waals surface area contributed by atoms with Crippen LogP contribution in [0.5, 0.6) is 17.2 Å². The molecule has 120 valence electrons. The molecule has 1 atom stereocenters. The first-order chi connectivity index (χ1) is 9.79. The lowest BCUT2D eigenvalue weighted by atomic mass is 9.94. The summed E-state index contributed by atoms with van der Waals surface area (Å²) < 4.78 is 10.2. The quantitative estimate of drug-likeness (QED) is 0.687. The first kappa shape index (κ1) is 17.6. The highest BCUT2D eigenvalue weighted by molar-refractivity contribution is 5.52. The van der Waals surface area contributed by atoms with E-state index < -0.39 is 5.60 Å². The number of benzene rings is 1. The molecule has 1 rings (SSSR count). The monoisotopic (exact) mass is 297 g/mol. The lowest BCUT2D eigenvalue weighted by Crippen LogP contribution is -2.38. The highest BCUT2D eigenvalue weighted by Gasteiger charge is 2.21. The van der Waals surface area contributed by atoms with Crippen molar-refractivity contribution in [3.05, 3.63) is 17.7 Å². The van der Waals surface area contributed by atoms with Crippen molar-refractivity contribution in [3.63, 3.8) is 0 Å². The van der Waals surface area contributed by atoms with Gasteiger partial charge in [0.05, 0.1) is 19.8 Å². The molecule has 0 fully saturated rings. The molecule has 0 aliphatic carbocycles. The summed E-state index contributed by atoms with van der Waals surface area (Å²) in [5, 5.41) is 23.3. The van der Waals surface area contributed by atoms with E-state index in [4.69, 9.17) is 9.47 Å². The van der Waals surface area contributed by atoms with Gasteiger partial charge in [0.15, 0.2) is 11.5 Å². The van der Waals surface area contributed by atoms with Gasteiger partial charge in [0.2, 0.25) is 5.75 Å². The summed E-state index contributed by atoms with van der Waals surface area (Å²) in [4.78, 5) is 0. The lowest BCUT2D eigenvalue weighted by Gasteiger charge is -2.25. The van der Waals surface area contributed by atoms with Crippen molar-refractivity contribution in [2.24, 2.45) is 5.92 Å². The van der Waals surface area contributed by atoms with Crippen LogP contribution in [0.1, 0.15) is 32.8 Å². The molecule has 0 saturated carbocycles. The molecule has 1 aromatic carbocycles. The third-order valence-electron chi connectivity index (χ3n) is 3.22. The number of rotatable bonds is 8. The Morgan fingerprint density at radius 2 is 1.71 bits per heavy atom. The van der Waals surface area contributed by atoms with Crippen LogP contribution >= 0.6 is 0 Å². The molecule has 0 bridgehead atoms. The van der Waals surface area contributed by atoms with Crippen LogP contribution < -0.4 is 14.8 Å². The van der Waals surface area contributed by atoms with E-state index in [9.17, 15) is 10.2 Å². The number of aromatic hydroxyl groups is 1. The van der Waals surface area contributed by atoms with Gasteiger partial charge >= 0.3 is 0 Å². The zero-order valence-corrected chi connectivity index (χ0v) is 13.6. The Morgan fingerprint density at radius 3 is 2.14 bits per heavy atom. The van der Waals surface area contributed by atoms with Crippen molar-refractivity contribution in [2.75, 3.05) is 20.8 Å². The zero-order valence-electron chi connectivity index (χ0n) is 13.6. The van der Waals surface area contributed by atoms with Crippen molar-refractivity contribution in [2.45, 2.75) is 39.3 Å². The van der Waals surface area contributed by atoms with Gasteiger partial charge in [0, 0.05) is 13.1 Å². The largest absolute Gasteiger partial charge is 0.502 e. The van der Waals surface area contributed by atoms with E-state index in [-0.39, 0.29) is 5.75 Å². The summed E-state index contributed by atoms with van der Waals surface area (Å²) in [5.74, 6) is 1.19. The fraction of sp³-hybridized carbons (Fsp3) is 0.625. The number of phenols is 1. The summed E-state index contributed by atoms with van der Waals surface area (Å²) in [5.41, 5.74) is 0.182. The molecule has 0 aromatic heterocycles. The first-order valence-electron chi connectivity index (χ1n) is 7.16. The van der Waals surface area contributed by atoms with Gasteiger partial charge in [0.1, 0.15) is 0 Å². The molecular formula is C16H27NO4. The van der Waals surface area contributed by atoms with Crippen LogP contribution in [0.25, 0.3) is 0 Å². The average Bonchev–Trinajstić information content (AvgIpc) is 2.38. The Morgan fingerprint density at radius 1 is 1.19 bits per heavy atom. The zero-order chi connectivity index (χ0) is 16.0. The molecule has 1 unspecified atom stereocenters. The smallest absolute Gasteiger partial charge is 0.200 e. The third kappa shape index (κ3) is 5.44. The molecule has 5 nitrogen and oxygen atoms in total. The van der Waals surface area contributed by atoms with E-state index in [0.717, 1.165) is 12.0 Å². The summed E-state index contributed by atoms with van der Waals surface area (Å²) in [7, 11) is 3.00. The number of ether oxygens (including phenoxy) is 2. The summed E-state index contributed by atoms with van der Waals surface area (Å²) >= 11 is 0. The van der Waals surface area contributed by atoms with Gasteiger partial charge in [-0.2, -0.15) is 0 Å². The van der Waals surface area contributed by atoms with Crippen molar-refractivity contribution < 1.29 is 19.7 Å². The number of hydrogen-bond acceptors (Lipinski definition) is 5. The summed E-state index contributed by atoms with van der Waals surface area (Å²) in [6, 6.07) is 3.50. The third-order valence-corrected chi connectivity index (χ3v) is 3.22. The van der Waals surface area contributed by atoms with Crippen LogP contribution in [0.4, 0.5) is 0 Å². The average molecular weight is 297 g/mol. The number of phenolic OH excluding ortho intramolecular Hbond substituents is 1. The van der Waals surface area contributed by atoms with Crippen molar-refractivity contribution in [1.82, 2.24) is 5.32 Å². The minimum absolute atomic E-state index is 0.00412. The van der Waals surface area contributed by atoms with E-state index in [1.54, 1.807) is 12.1 Å². The molecule has 3 N–H and O–H groups in total. The minimum atomic E-state index is -0.737. The Kier molecular flexibility index (Phi) is 6.30. The molecule has 0 aliphatic rings. The molecule has 21 heavy (non-hydrogen) atoms. The van der Waals surface area contributed by atoms with Crippen LogP contribution in [-0.4, -0.2) is 36.6 Å². The number of nitrogens with one attached hydrogen (secondary N) is 1. The van der Waals surface area contributed by atoms with E-state index in [1.807, 2.05) is 6.92 Å². The molecule has 0 aliphatic heterocycles. The fourth-order valence-electron chi connectivity index (χ4n) is 2.48. The normalized spacial score (nSPS) is 14.0. The second-order valence-electron chi connectivity index (χ2n) is 6.05.